The summed E-state index contributed by atoms with van der Waals surface area (Å²) < 4.78 is 0. The molecular weight excluding hydrogens is 533 g/mol. The maximum Gasteiger partial charge on any atom is 0.320 e. The molecule has 0 aliphatic carbocycles. The molecule has 2 aromatic heterocycles. The fourth-order valence-electron chi connectivity index (χ4n) is 2.18. The number of aromatic nitrogens is 4. The maximum atomic E-state index is 10.3. The standard InChI is InChI=1S/2C6H9N3O2.C6H9NO6.Ni/c2*7-5(6(10)11)1-4-2-8-3-9-4;8-4(9)1-7(2-5(10)11)3-6(12)13;/h2*2-3,5H,1,7H2,(H,8,9)(H,10,11);1-3H2,(H,8,9)(H,10,11)(H,12,13);/t2*5-;;/m00../s1. The number of imidazole rings is 2. The number of carboxylic acid groups (broad SMARTS) is 5. The summed E-state index contributed by atoms with van der Waals surface area (Å²) in [6.45, 7) is -1.80. The first-order valence-electron chi connectivity index (χ1n) is 9.60. The molecule has 11 N–H and O–H groups in total. The predicted molar refractivity (Wildman–Crippen MR) is 115 cm³/mol. The number of H-pyrrole nitrogens is 2. The summed E-state index contributed by atoms with van der Waals surface area (Å²) in [5.74, 6) is -5.79. The first-order chi connectivity index (χ1) is 16.3. The van der Waals surface area contributed by atoms with Gasteiger partial charge in [-0.2, -0.15) is 0 Å². The van der Waals surface area contributed by atoms with Crippen LogP contribution in [0.1, 0.15) is 11.4 Å². The van der Waals surface area contributed by atoms with E-state index in [1.807, 2.05) is 0 Å². The second kappa shape index (κ2) is 18.5. The molecule has 18 heteroatoms. The van der Waals surface area contributed by atoms with Gasteiger partial charge in [-0.1, -0.05) is 0 Å². The van der Waals surface area contributed by atoms with E-state index >= 15 is 0 Å². The molecule has 0 radical (unpaired) electrons. The molecule has 0 saturated heterocycles. The third-order valence-electron chi connectivity index (χ3n) is 3.70. The fraction of sp³-hybridized carbons (Fsp3) is 0.389. The van der Waals surface area contributed by atoms with Gasteiger partial charge in [0, 0.05) is 53.1 Å². The van der Waals surface area contributed by atoms with Gasteiger partial charge in [0.2, 0.25) is 0 Å². The minimum atomic E-state index is -1.26. The summed E-state index contributed by atoms with van der Waals surface area (Å²) in [4.78, 5) is 64.8. The molecule has 0 aromatic carbocycles. The van der Waals surface area contributed by atoms with Crippen molar-refractivity contribution in [3.63, 3.8) is 0 Å². The van der Waals surface area contributed by atoms with E-state index < -0.39 is 61.6 Å². The van der Waals surface area contributed by atoms with Gasteiger partial charge in [0.1, 0.15) is 12.1 Å². The second-order valence-electron chi connectivity index (χ2n) is 6.78. The quantitative estimate of drug-likeness (QED) is 0.119. The van der Waals surface area contributed by atoms with E-state index in [1.165, 1.54) is 12.7 Å². The Morgan fingerprint density at radius 3 is 1.22 bits per heavy atom. The van der Waals surface area contributed by atoms with Crippen molar-refractivity contribution in [2.45, 2.75) is 24.9 Å². The normalized spacial score (nSPS) is 11.4. The largest absolute Gasteiger partial charge is 0.480 e. The van der Waals surface area contributed by atoms with Gasteiger partial charge in [-0.15, -0.1) is 0 Å². The third kappa shape index (κ3) is 17.6. The average molecular weight is 560 g/mol. The summed E-state index contributed by atoms with van der Waals surface area (Å²) in [6.07, 6.45) is 6.67. The Morgan fingerprint density at radius 1 is 0.722 bits per heavy atom. The van der Waals surface area contributed by atoms with Gasteiger partial charge in [0.05, 0.1) is 32.3 Å². The van der Waals surface area contributed by atoms with Crippen LogP contribution in [0.25, 0.3) is 0 Å². The van der Waals surface area contributed by atoms with Gasteiger partial charge < -0.3 is 47.0 Å². The number of nitrogens with zero attached hydrogens (tertiary/aromatic N) is 3. The average Bonchev–Trinajstić information content (AvgIpc) is 3.41. The van der Waals surface area contributed by atoms with Crippen molar-refractivity contribution in [3.05, 3.63) is 36.4 Å². The molecular formula is C18H27N7NiO10. The number of aliphatic carboxylic acids is 5. The third-order valence-corrected chi connectivity index (χ3v) is 3.70. The first kappa shape index (κ1) is 34.3. The van der Waals surface area contributed by atoms with Crippen LogP contribution in [0.2, 0.25) is 0 Å². The Labute approximate surface area is 213 Å². The molecule has 2 heterocycles. The topological polar surface area (TPSA) is 299 Å². The van der Waals surface area contributed by atoms with Crippen molar-refractivity contribution >= 4 is 29.8 Å². The zero-order chi connectivity index (χ0) is 27.0. The molecule has 2 atom stereocenters. The van der Waals surface area contributed by atoms with Crippen LogP contribution in [-0.2, 0) is 53.3 Å². The van der Waals surface area contributed by atoms with E-state index in [1.54, 1.807) is 12.4 Å². The van der Waals surface area contributed by atoms with Gasteiger partial charge in [-0.05, 0) is 0 Å². The molecule has 0 spiro atoms. The minimum Gasteiger partial charge on any atom is -0.480 e. The van der Waals surface area contributed by atoms with E-state index in [9.17, 15) is 24.0 Å². The minimum absolute atomic E-state index is 0. The molecule has 0 aliphatic rings. The number of aromatic amines is 2. The number of nitrogens with two attached hydrogens (primary N) is 2. The predicted octanol–water partition coefficient (Wildman–Crippen LogP) is -2.73. The van der Waals surface area contributed by atoms with Gasteiger partial charge in [0.25, 0.3) is 0 Å². The number of rotatable bonds is 12. The van der Waals surface area contributed by atoms with Crippen LogP contribution in [0.5, 0.6) is 0 Å². The van der Waals surface area contributed by atoms with Crippen LogP contribution in [0.4, 0.5) is 0 Å². The van der Waals surface area contributed by atoms with E-state index in [0.29, 0.717) is 0 Å². The van der Waals surface area contributed by atoms with Crippen molar-refractivity contribution < 1.29 is 66.0 Å². The SMILES string of the molecule is N[C@@H](Cc1cnc[nH]1)C(=O)O.N[C@@H](Cc1cnc[nH]1)C(=O)O.O=C(O)CN(CC(=O)O)CC(=O)O.[Ni]. The molecule has 17 nitrogen and oxygen atoms in total. The van der Waals surface area contributed by atoms with Crippen molar-refractivity contribution in [3.8, 4) is 0 Å². The molecule has 0 fully saturated rings. The maximum absolute atomic E-state index is 10.3. The molecule has 0 saturated carbocycles. The molecule has 0 unspecified atom stereocenters. The summed E-state index contributed by atoms with van der Waals surface area (Å²) in [7, 11) is 0. The Hall–Kier alpha value is -3.86. The van der Waals surface area contributed by atoms with Crippen LogP contribution < -0.4 is 11.5 Å². The Kier molecular flexibility index (Phi) is 17.6. The van der Waals surface area contributed by atoms with E-state index in [0.717, 1.165) is 16.3 Å². The van der Waals surface area contributed by atoms with Gasteiger partial charge in [-0.25, -0.2) is 9.97 Å². The van der Waals surface area contributed by atoms with Crippen LogP contribution in [-0.4, -0.2) is 112 Å². The summed E-state index contributed by atoms with van der Waals surface area (Å²) in [5, 5.41) is 41.7. The van der Waals surface area contributed by atoms with Gasteiger partial charge >= 0.3 is 29.8 Å². The molecule has 36 heavy (non-hydrogen) atoms. The summed E-state index contributed by atoms with van der Waals surface area (Å²) in [5.41, 5.74) is 12.0. The van der Waals surface area contributed by atoms with Crippen molar-refractivity contribution in [2.75, 3.05) is 19.6 Å². The summed E-state index contributed by atoms with van der Waals surface area (Å²) >= 11 is 0. The van der Waals surface area contributed by atoms with E-state index in [-0.39, 0.29) is 29.3 Å². The van der Waals surface area contributed by atoms with Crippen LogP contribution in [0, 0.1) is 0 Å². The molecule has 204 valence electrons. The van der Waals surface area contributed by atoms with Gasteiger partial charge in [-0.3, -0.25) is 28.9 Å². The number of nitrogens with one attached hydrogen (secondary N) is 2. The molecule has 0 aliphatic heterocycles. The van der Waals surface area contributed by atoms with Crippen LogP contribution >= 0.6 is 0 Å². The number of hydrogen-bond acceptors (Lipinski definition) is 10. The van der Waals surface area contributed by atoms with Crippen LogP contribution in [0.3, 0.4) is 0 Å². The van der Waals surface area contributed by atoms with E-state index in [4.69, 9.17) is 37.0 Å². The Balaban J connectivity index is 0. The molecule has 0 bridgehead atoms. The smallest absolute Gasteiger partial charge is 0.320 e. The number of carbonyl (C=O) groups is 5. The van der Waals surface area contributed by atoms with Gasteiger partial charge in [0.15, 0.2) is 0 Å². The second-order valence-corrected chi connectivity index (χ2v) is 6.78. The zero-order valence-electron chi connectivity index (χ0n) is 18.6. The molecule has 2 rings (SSSR count). The number of carboxylic acids is 5. The first-order valence-corrected chi connectivity index (χ1v) is 9.60. The number of hydrogen-bond donors (Lipinski definition) is 9. The van der Waals surface area contributed by atoms with Crippen LogP contribution in [0.15, 0.2) is 25.0 Å². The zero-order valence-corrected chi connectivity index (χ0v) is 19.6. The van der Waals surface area contributed by atoms with Crippen molar-refractivity contribution in [1.82, 2.24) is 24.8 Å². The Morgan fingerprint density at radius 2 is 1.03 bits per heavy atom. The fourth-order valence-corrected chi connectivity index (χ4v) is 2.18. The Bertz CT molecular complexity index is 850. The van der Waals surface area contributed by atoms with E-state index in [2.05, 4.69) is 19.9 Å². The molecule has 0 amide bonds. The summed E-state index contributed by atoms with van der Waals surface area (Å²) in [6, 6.07) is -1.70. The van der Waals surface area contributed by atoms with Crippen molar-refractivity contribution in [2.24, 2.45) is 11.5 Å². The molecule has 2 aromatic rings. The monoisotopic (exact) mass is 559 g/mol. The van der Waals surface area contributed by atoms with Crippen molar-refractivity contribution in [1.29, 1.82) is 0 Å².